The summed E-state index contributed by atoms with van der Waals surface area (Å²) < 4.78 is 35.2. The van der Waals surface area contributed by atoms with E-state index in [4.69, 9.17) is 4.74 Å². The molecular weight excluding hydrogens is 378 g/mol. The Bertz CT molecular complexity index is 681. The van der Waals surface area contributed by atoms with Crippen LogP contribution in [0.25, 0.3) is 0 Å². The summed E-state index contributed by atoms with van der Waals surface area (Å²) in [5, 5.41) is 6.66. The number of hydrogen-bond acceptors (Lipinski definition) is 4. The number of benzene rings is 1. The van der Waals surface area contributed by atoms with Crippen molar-refractivity contribution in [1.29, 1.82) is 0 Å². The molecule has 0 amide bonds. The fraction of sp³-hybridized carbons (Fsp3) is 0.667. The molecule has 1 aliphatic heterocycles. The number of halogens is 2. The quantitative estimate of drug-likeness (QED) is 0.509. The zero-order valence-electron chi connectivity index (χ0n) is 17.3. The lowest BCUT2D eigenvalue weighted by atomic mass is 10.1. The fourth-order valence-electron chi connectivity index (χ4n) is 4.25. The molecule has 1 aromatic rings. The minimum absolute atomic E-state index is 0.103. The van der Waals surface area contributed by atoms with E-state index >= 15 is 0 Å². The van der Waals surface area contributed by atoms with Gasteiger partial charge in [-0.1, -0.05) is 12.8 Å². The van der Waals surface area contributed by atoms with E-state index in [0.29, 0.717) is 29.9 Å². The van der Waals surface area contributed by atoms with Gasteiger partial charge in [-0.05, 0) is 37.3 Å². The van der Waals surface area contributed by atoms with Crippen LogP contribution in [0.4, 0.5) is 8.78 Å². The Morgan fingerprint density at radius 1 is 1.28 bits per heavy atom. The number of likely N-dealkylation sites (tertiary alicyclic amines) is 1. The van der Waals surface area contributed by atoms with Crippen LogP contribution < -0.4 is 20.1 Å². The molecule has 6 nitrogen and oxygen atoms in total. The Balaban J connectivity index is 1.50. The first-order chi connectivity index (χ1) is 14.1. The maximum atomic E-state index is 12.7. The molecule has 1 unspecified atom stereocenters. The van der Waals surface area contributed by atoms with E-state index in [9.17, 15) is 8.78 Å². The van der Waals surface area contributed by atoms with Gasteiger partial charge < -0.3 is 25.0 Å². The Morgan fingerprint density at radius 3 is 2.76 bits per heavy atom. The van der Waals surface area contributed by atoms with Crippen molar-refractivity contribution in [2.45, 2.75) is 51.3 Å². The Kier molecular flexibility index (Phi) is 7.91. The highest BCUT2D eigenvalue weighted by molar-refractivity contribution is 5.80. The average molecular weight is 411 g/mol. The lowest BCUT2D eigenvalue weighted by Gasteiger charge is -2.21. The van der Waals surface area contributed by atoms with Crippen LogP contribution >= 0.6 is 0 Å². The second-order valence-corrected chi connectivity index (χ2v) is 7.82. The number of aliphatic imine (C=N–C) groups is 1. The normalized spacial score (nSPS) is 21.0. The zero-order chi connectivity index (χ0) is 20.6. The van der Waals surface area contributed by atoms with Gasteiger partial charge in [0.1, 0.15) is 11.5 Å². The van der Waals surface area contributed by atoms with Gasteiger partial charge in [0.25, 0.3) is 0 Å². The predicted molar refractivity (Wildman–Crippen MR) is 110 cm³/mol. The van der Waals surface area contributed by atoms with Crippen LogP contribution in [0.5, 0.6) is 11.5 Å². The SMILES string of the molecule is CN=C(NCc1ccc(OC)cc1OC(F)F)NC1CCN(CC2CCCC2)C1. The van der Waals surface area contributed by atoms with Gasteiger partial charge in [-0.2, -0.15) is 8.78 Å². The minimum Gasteiger partial charge on any atom is -0.497 e. The maximum absolute atomic E-state index is 12.7. The molecule has 0 radical (unpaired) electrons. The average Bonchev–Trinajstić information content (AvgIpc) is 3.37. The van der Waals surface area contributed by atoms with Crippen molar-refractivity contribution in [3.63, 3.8) is 0 Å². The van der Waals surface area contributed by atoms with Crippen LogP contribution in [-0.4, -0.2) is 57.3 Å². The van der Waals surface area contributed by atoms with Crippen molar-refractivity contribution in [2.24, 2.45) is 10.9 Å². The molecule has 8 heteroatoms. The summed E-state index contributed by atoms with van der Waals surface area (Å²) >= 11 is 0. The van der Waals surface area contributed by atoms with Gasteiger partial charge in [0.2, 0.25) is 0 Å². The highest BCUT2D eigenvalue weighted by Gasteiger charge is 2.26. The second-order valence-electron chi connectivity index (χ2n) is 7.82. The fourth-order valence-corrected chi connectivity index (χ4v) is 4.25. The second kappa shape index (κ2) is 10.6. The Morgan fingerprint density at radius 2 is 2.07 bits per heavy atom. The van der Waals surface area contributed by atoms with E-state index in [0.717, 1.165) is 25.4 Å². The summed E-state index contributed by atoms with van der Waals surface area (Å²) in [6.45, 7) is 0.757. The first-order valence-electron chi connectivity index (χ1n) is 10.4. The van der Waals surface area contributed by atoms with Gasteiger partial charge in [0.15, 0.2) is 5.96 Å². The summed E-state index contributed by atoms with van der Waals surface area (Å²) in [5.74, 6) is 2.09. The molecular formula is C21H32F2N4O2. The number of rotatable bonds is 8. The summed E-state index contributed by atoms with van der Waals surface area (Å²) in [4.78, 5) is 6.82. The molecule has 1 heterocycles. The topological polar surface area (TPSA) is 58.1 Å². The zero-order valence-corrected chi connectivity index (χ0v) is 17.3. The Hall–Kier alpha value is -2.09. The van der Waals surface area contributed by atoms with Gasteiger partial charge in [-0.15, -0.1) is 0 Å². The predicted octanol–water partition coefficient (Wildman–Crippen LogP) is 3.23. The molecule has 1 saturated heterocycles. The van der Waals surface area contributed by atoms with Crippen molar-refractivity contribution in [3.05, 3.63) is 23.8 Å². The van der Waals surface area contributed by atoms with Crippen molar-refractivity contribution < 1.29 is 18.3 Å². The lowest BCUT2D eigenvalue weighted by Crippen LogP contribution is -2.44. The van der Waals surface area contributed by atoms with Gasteiger partial charge in [-0.25, -0.2) is 0 Å². The number of methoxy groups -OCH3 is 1. The van der Waals surface area contributed by atoms with E-state index in [1.54, 1.807) is 19.2 Å². The molecule has 2 aliphatic rings. The highest BCUT2D eigenvalue weighted by Crippen LogP contribution is 2.27. The largest absolute Gasteiger partial charge is 0.497 e. The Labute approximate surface area is 171 Å². The number of nitrogens with one attached hydrogen (secondary N) is 2. The van der Waals surface area contributed by atoms with Crippen LogP contribution in [0, 0.1) is 5.92 Å². The molecule has 1 atom stereocenters. The number of nitrogens with zero attached hydrogens (tertiary/aromatic N) is 2. The number of alkyl halides is 2. The third-order valence-electron chi connectivity index (χ3n) is 5.76. The molecule has 0 spiro atoms. The van der Waals surface area contributed by atoms with Gasteiger partial charge in [0.05, 0.1) is 7.11 Å². The number of ether oxygens (including phenoxy) is 2. The van der Waals surface area contributed by atoms with Crippen LogP contribution in [0.1, 0.15) is 37.7 Å². The summed E-state index contributed by atoms with van der Waals surface area (Å²) in [7, 11) is 3.20. The molecule has 1 aromatic carbocycles. The molecule has 2 N–H and O–H groups in total. The molecule has 3 rings (SSSR count). The molecule has 1 saturated carbocycles. The standard InChI is InChI=1S/C21H32F2N4O2/c1-24-21(26-17-9-10-27(14-17)13-15-5-3-4-6-15)25-12-16-7-8-18(28-2)11-19(16)29-20(22)23/h7-8,11,15,17,20H,3-6,9-10,12-14H2,1-2H3,(H2,24,25,26). The first kappa shape index (κ1) is 21.6. The van der Waals surface area contributed by atoms with E-state index in [2.05, 4.69) is 25.3 Å². The third kappa shape index (κ3) is 6.45. The van der Waals surface area contributed by atoms with Crippen LogP contribution in [0.15, 0.2) is 23.2 Å². The minimum atomic E-state index is -2.89. The van der Waals surface area contributed by atoms with Crippen LogP contribution in [0.3, 0.4) is 0 Å². The monoisotopic (exact) mass is 410 g/mol. The highest BCUT2D eigenvalue weighted by atomic mass is 19.3. The van der Waals surface area contributed by atoms with Crippen molar-refractivity contribution >= 4 is 5.96 Å². The smallest absolute Gasteiger partial charge is 0.387 e. The van der Waals surface area contributed by atoms with Crippen LogP contribution in [0.2, 0.25) is 0 Å². The van der Waals surface area contributed by atoms with Crippen molar-refractivity contribution in [2.75, 3.05) is 33.8 Å². The molecule has 0 aromatic heterocycles. The molecule has 0 bridgehead atoms. The molecule has 29 heavy (non-hydrogen) atoms. The van der Waals surface area contributed by atoms with Gasteiger partial charge >= 0.3 is 6.61 Å². The molecule has 162 valence electrons. The van der Waals surface area contributed by atoms with E-state index < -0.39 is 6.61 Å². The number of hydrogen-bond donors (Lipinski definition) is 2. The van der Waals surface area contributed by atoms with E-state index in [1.807, 2.05) is 0 Å². The summed E-state index contributed by atoms with van der Waals surface area (Å²) in [6, 6.07) is 5.26. The van der Waals surface area contributed by atoms with Crippen molar-refractivity contribution in [1.82, 2.24) is 15.5 Å². The lowest BCUT2D eigenvalue weighted by molar-refractivity contribution is -0.0505. The van der Waals surface area contributed by atoms with Crippen LogP contribution in [-0.2, 0) is 6.54 Å². The maximum Gasteiger partial charge on any atom is 0.387 e. The molecule has 2 fully saturated rings. The third-order valence-corrected chi connectivity index (χ3v) is 5.76. The van der Waals surface area contributed by atoms with Crippen molar-refractivity contribution in [3.8, 4) is 11.5 Å². The first-order valence-corrected chi connectivity index (χ1v) is 10.4. The van der Waals surface area contributed by atoms with Gasteiger partial charge in [-0.3, -0.25) is 4.99 Å². The summed E-state index contributed by atoms with van der Waals surface area (Å²) in [6.07, 6.45) is 6.56. The molecule has 1 aliphatic carbocycles. The van der Waals surface area contributed by atoms with Gasteiger partial charge in [0, 0.05) is 50.9 Å². The van der Waals surface area contributed by atoms with E-state index in [-0.39, 0.29) is 5.75 Å². The summed E-state index contributed by atoms with van der Waals surface area (Å²) in [5.41, 5.74) is 0.614. The number of guanidine groups is 1. The van der Waals surface area contributed by atoms with E-state index in [1.165, 1.54) is 45.4 Å².